The summed E-state index contributed by atoms with van der Waals surface area (Å²) in [6.45, 7) is 0.687. The van der Waals surface area contributed by atoms with Crippen LogP contribution in [0.3, 0.4) is 0 Å². The van der Waals surface area contributed by atoms with E-state index in [0.29, 0.717) is 12.1 Å². The highest BCUT2D eigenvalue weighted by atomic mass is 15.1. The molecule has 4 nitrogen and oxygen atoms in total. The average Bonchev–Trinajstić information content (AvgIpc) is 3.32. The number of fused-ring (bicyclic) bond motifs is 1. The highest BCUT2D eigenvalue weighted by Crippen LogP contribution is 2.32. The molecule has 166 valence electrons. The fourth-order valence-electron chi connectivity index (χ4n) is 4.56. The highest BCUT2D eigenvalue weighted by molar-refractivity contribution is 5.97. The largest absolute Gasteiger partial charge is 0.336 e. The summed E-state index contributed by atoms with van der Waals surface area (Å²) < 4.78 is 2.07. The minimum Gasteiger partial charge on any atom is -0.336 e. The van der Waals surface area contributed by atoms with Crippen molar-refractivity contribution in [1.82, 2.24) is 14.9 Å². The van der Waals surface area contributed by atoms with Crippen LogP contribution in [0.4, 0.5) is 0 Å². The lowest BCUT2D eigenvalue weighted by molar-refractivity contribution is 0.504. The number of imidazole rings is 1. The van der Waals surface area contributed by atoms with Crippen molar-refractivity contribution in [2.24, 2.45) is 7.05 Å². The van der Waals surface area contributed by atoms with E-state index in [9.17, 15) is 5.26 Å². The number of hydrogen-bond donors (Lipinski definition) is 1. The van der Waals surface area contributed by atoms with E-state index in [-0.39, 0.29) is 6.04 Å². The molecule has 5 rings (SSSR count). The van der Waals surface area contributed by atoms with Crippen LogP contribution in [0, 0.1) is 11.3 Å². The molecule has 1 unspecified atom stereocenters. The topological polar surface area (TPSA) is 53.6 Å². The van der Waals surface area contributed by atoms with Gasteiger partial charge in [-0.1, -0.05) is 78.9 Å². The first-order valence-corrected chi connectivity index (χ1v) is 11.5. The minimum atomic E-state index is 0.117. The molecular weight excluding hydrogens is 416 g/mol. The SMILES string of the molecule is Cn1cncc1C(Cc1ccccc1)NCc1ccc(C#N)c(-c2cccc3ccccc23)c1. The lowest BCUT2D eigenvalue weighted by atomic mass is 9.93. The summed E-state index contributed by atoms with van der Waals surface area (Å²) in [7, 11) is 2.03. The van der Waals surface area contributed by atoms with Crippen molar-refractivity contribution in [3.8, 4) is 17.2 Å². The molecule has 0 bridgehead atoms. The van der Waals surface area contributed by atoms with Crippen molar-refractivity contribution in [3.63, 3.8) is 0 Å². The van der Waals surface area contributed by atoms with Gasteiger partial charge in [-0.2, -0.15) is 5.26 Å². The smallest absolute Gasteiger partial charge is 0.0998 e. The molecule has 0 saturated carbocycles. The van der Waals surface area contributed by atoms with Gasteiger partial charge in [0, 0.05) is 25.4 Å². The lowest BCUT2D eigenvalue weighted by Gasteiger charge is -2.20. The second kappa shape index (κ2) is 9.74. The van der Waals surface area contributed by atoms with E-state index in [4.69, 9.17) is 0 Å². The van der Waals surface area contributed by atoms with Gasteiger partial charge >= 0.3 is 0 Å². The molecule has 1 aromatic heterocycles. The van der Waals surface area contributed by atoms with Crippen molar-refractivity contribution in [1.29, 1.82) is 5.26 Å². The van der Waals surface area contributed by atoms with Gasteiger partial charge in [0.25, 0.3) is 0 Å². The highest BCUT2D eigenvalue weighted by Gasteiger charge is 2.16. The Morgan fingerprint density at radius 3 is 2.47 bits per heavy atom. The van der Waals surface area contributed by atoms with Crippen molar-refractivity contribution in [2.75, 3.05) is 0 Å². The average molecular weight is 443 g/mol. The number of nitriles is 1. The first-order chi connectivity index (χ1) is 16.7. The molecule has 0 amide bonds. The van der Waals surface area contributed by atoms with Crippen LogP contribution in [-0.4, -0.2) is 9.55 Å². The predicted molar refractivity (Wildman–Crippen MR) is 137 cm³/mol. The maximum Gasteiger partial charge on any atom is 0.0998 e. The Hall–Kier alpha value is -4.20. The maximum absolute atomic E-state index is 9.81. The Labute approximate surface area is 200 Å². The van der Waals surface area contributed by atoms with Crippen molar-refractivity contribution in [2.45, 2.75) is 19.0 Å². The zero-order valence-corrected chi connectivity index (χ0v) is 19.1. The zero-order valence-electron chi connectivity index (χ0n) is 19.1. The summed E-state index contributed by atoms with van der Waals surface area (Å²) in [6.07, 6.45) is 4.64. The van der Waals surface area contributed by atoms with Crippen LogP contribution in [0.2, 0.25) is 0 Å². The van der Waals surface area contributed by atoms with Gasteiger partial charge in [0.05, 0.1) is 29.7 Å². The van der Waals surface area contributed by atoms with Gasteiger partial charge in [0.2, 0.25) is 0 Å². The fourth-order valence-corrected chi connectivity index (χ4v) is 4.56. The molecule has 0 radical (unpaired) electrons. The lowest BCUT2D eigenvalue weighted by Crippen LogP contribution is -2.25. The summed E-state index contributed by atoms with van der Waals surface area (Å²) in [4.78, 5) is 4.33. The van der Waals surface area contributed by atoms with Gasteiger partial charge in [-0.3, -0.25) is 0 Å². The number of aryl methyl sites for hydroxylation is 1. The Morgan fingerprint density at radius 1 is 0.882 bits per heavy atom. The van der Waals surface area contributed by atoms with E-state index in [2.05, 4.69) is 81.6 Å². The normalized spacial score (nSPS) is 11.9. The fraction of sp³-hybridized carbons (Fsp3) is 0.133. The molecule has 4 aromatic carbocycles. The monoisotopic (exact) mass is 442 g/mol. The zero-order chi connectivity index (χ0) is 23.3. The first-order valence-electron chi connectivity index (χ1n) is 11.5. The number of nitrogens with zero attached hydrogens (tertiary/aromatic N) is 3. The van der Waals surface area contributed by atoms with E-state index >= 15 is 0 Å². The molecule has 0 saturated heterocycles. The Kier molecular flexibility index (Phi) is 6.20. The molecule has 1 atom stereocenters. The molecule has 4 heteroatoms. The van der Waals surface area contributed by atoms with Gasteiger partial charge in [-0.15, -0.1) is 0 Å². The number of hydrogen-bond acceptors (Lipinski definition) is 3. The van der Waals surface area contributed by atoms with Crippen LogP contribution in [0.5, 0.6) is 0 Å². The van der Waals surface area contributed by atoms with Crippen LogP contribution < -0.4 is 5.32 Å². The maximum atomic E-state index is 9.81. The Bertz CT molecular complexity index is 1460. The molecule has 1 heterocycles. The minimum absolute atomic E-state index is 0.117. The summed E-state index contributed by atoms with van der Waals surface area (Å²) in [5, 5.41) is 15.9. The second-order valence-corrected chi connectivity index (χ2v) is 8.57. The van der Waals surface area contributed by atoms with Gasteiger partial charge in [0.1, 0.15) is 0 Å². The number of nitrogens with one attached hydrogen (secondary N) is 1. The van der Waals surface area contributed by atoms with Crippen LogP contribution >= 0.6 is 0 Å². The third kappa shape index (κ3) is 4.47. The van der Waals surface area contributed by atoms with E-state index in [1.807, 2.05) is 49.9 Å². The molecule has 34 heavy (non-hydrogen) atoms. The third-order valence-electron chi connectivity index (χ3n) is 6.33. The van der Waals surface area contributed by atoms with Crippen LogP contribution in [-0.2, 0) is 20.0 Å². The number of rotatable bonds is 7. The summed E-state index contributed by atoms with van der Waals surface area (Å²) >= 11 is 0. The van der Waals surface area contributed by atoms with Crippen LogP contribution in [0.1, 0.15) is 28.4 Å². The van der Waals surface area contributed by atoms with Crippen LogP contribution in [0.25, 0.3) is 21.9 Å². The Balaban J connectivity index is 1.46. The summed E-state index contributed by atoms with van der Waals surface area (Å²) in [5.41, 5.74) is 6.31. The quantitative estimate of drug-likeness (QED) is 0.327. The van der Waals surface area contributed by atoms with Crippen LogP contribution in [0.15, 0.2) is 104 Å². The van der Waals surface area contributed by atoms with Gasteiger partial charge < -0.3 is 9.88 Å². The van der Waals surface area contributed by atoms with E-state index < -0.39 is 0 Å². The van der Waals surface area contributed by atoms with Crippen molar-refractivity contribution < 1.29 is 0 Å². The number of benzene rings is 4. The summed E-state index contributed by atoms with van der Waals surface area (Å²) in [6, 6.07) is 33.7. The van der Waals surface area contributed by atoms with Crippen molar-refractivity contribution >= 4 is 10.8 Å². The van der Waals surface area contributed by atoms with Gasteiger partial charge in [0.15, 0.2) is 0 Å². The molecule has 0 aliphatic heterocycles. The first kappa shape index (κ1) is 21.6. The molecule has 0 aliphatic carbocycles. The van der Waals surface area contributed by atoms with E-state index in [0.717, 1.165) is 34.2 Å². The van der Waals surface area contributed by atoms with Gasteiger partial charge in [-0.05, 0) is 46.0 Å². The molecule has 0 spiro atoms. The molecular formula is C30H26N4. The molecule has 0 fully saturated rings. The second-order valence-electron chi connectivity index (χ2n) is 8.57. The van der Waals surface area contributed by atoms with Gasteiger partial charge in [-0.25, -0.2) is 4.98 Å². The number of aromatic nitrogens is 2. The molecule has 5 aromatic rings. The molecule has 1 N–H and O–H groups in total. The third-order valence-corrected chi connectivity index (χ3v) is 6.33. The molecule has 0 aliphatic rings. The van der Waals surface area contributed by atoms with E-state index in [1.165, 1.54) is 10.9 Å². The van der Waals surface area contributed by atoms with E-state index in [1.54, 1.807) is 0 Å². The predicted octanol–water partition coefficient (Wildman–Crippen LogP) is 6.19. The summed E-state index contributed by atoms with van der Waals surface area (Å²) in [5.74, 6) is 0. The Morgan fingerprint density at radius 2 is 1.68 bits per heavy atom. The standard InChI is InChI=1S/C30H26N4/c1-34-21-32-20-30(34)29(17-22-8-3-2-4-9-22)33-19-23-14-15-25(18-31)28(16-23)27-13-7-11-24-10-5-6-12-26(24)27/h2-16,20-21,29,33H,17,19H2,1H3. The van der Waals surface area contributed by atoms with Crippen molar-refractivity contribution in [3.05, 3.63) is 126 Å².